The predicted molar refractivity (Wildman–Crippen MR) is 222 cm³/mol. The average Bonchev–Trinajstić information content (AvgIpc) is 3.76. The molecule has 0 saturated heterocycles. The standard InChI is InChI=1S/C26H19N2.C21H21N2OSi.Ir/c1-19-15-17-21(18-16-19)26-27-23-12-6-8-14-25(23)28(26)24-13-7-5-11-22(24)20-9-3-2-4-10-20;1-13-11-18(22-12-19(13)25(3,4)5)17-8-6-7-15-16-10-9-14(2)23-21(16)24-20(15)17;/h2-17H,1H3;6-7,9-12H,1-5H3;/q2*-1;/i1D3;;. The van der Waals surface area contributed by atoms with Crippen LogP contribution in [0.25, 0.3) is 72.6 Å². The summed E-state index contributed by atoms with van der Waals surface area (Å²) < 4.78 is 31.1. The van der Waals surface area contributed by atoms with Crippen molar-refractivity contribution in [2.75, 3.05) is 0 Å². The van der Waals surface area contributed by atoms with E-state index in [0.29, 0.717) is 5.71 Å². The molecule has 0 aliphatic rings. The van der Waals surface area contributed by atoms with Gasteiger partial charge >= 0.3 is 0 Å². The largest absolute Gasteiger partial charge is 0.486 e. The van der Waals surface area contributed by atoms with Gasteiger partial charge in [0.25, 0.3) is 0 Å². The van der Waals surface area contributed by atoms with Crippen LogP contribution in [-0.4, -0.2) is 27.6 Å². The Morgan fingerprint density at radius 1 is 0.778 bits per heavy atom. The summed E-state index contributed by atoms with van der Waals surface area (Å²) >= 11 is 0. The Kier molecular flexibility index (Phi) is 9.27. The second-order valence-electron chi connectivity index (χ2n) is 14.3. The van der Waals surface area contributed by atoms with E-state index in [-0.39, 0.29) is 25.7 Å². The number of benzene rings is 5. The average molecular weight is 900 g/mol. The van der Waals surface area contributed by atoms with Gasteiger partial charge in [0.1, 0.15) is 0 Å². The molecule has 0 N–H and O–H groups in total. The summed E-state index contributed by atoms with van der Waals surface area (Å²) in [5.41, 5.74) is 11.6. The molecule has 269 valence electrons. The van der Waals surface area contributed by atoms with E-state index in [0.717, 1.165) is 72.5 Å². The third-order valence-electron chi connectivity index (χ3n) is 9.46. The zero-order valence-electron chi connectivity index (χ0n) is 33.7. The maximum Gasteiger partial charge on any atom is 0.216 e. The van der Waals surface area contributed by atoms with Gasteiger partial charge in [0.05, 0.1) is 30.5 Å². The van der Waals surface area contributed by atoms with Crippen LogP contribution in [0.3, 0.4) is 0 Å². The second-order valence-corrected chi connectivity index (χ2v) is 19.3. The topological polar surface area (TPSA) is 56.7 Å². The fourth-order valence-electron chi connectivity index (χ4n) is 6.93. The first kappa shape index (κ1) is 33.1. The van der Waals surface area contributed by atoms with Crippen molar-refractivity contribution < 1.29 is 28.6 Å². The smallest absolute Gasteiger partial charge is 0.216 e. The summed E-state index contributed by atoms with van der Waals surface area (Å²) in [6.07, 6.45) is 2.04. The number of aryl methyl sites for hydroxylation is 3. The van der Waals surface area contributed by atoms with Crippen LogP contribution in [0.1, 0.15) is 20.9 Å². The molecule has 0 amide bonds. The summed E-state index contributed by atoms with van der Waals surface area (Å²) in [5.74, 6) is 0.724. The molecule has 54 heavy (non-hydrogen) atoms. The third-order valence-corrected chi connectivity index (χ3v) is 11.6. The number of para-hydroxylation sites is 3. The Morgan fingerprint density at radius 3 is 2.31 bits per heavy atom. The van der Waals surface area contributed by atoms with Gasteiger partial charge in [0.2, 0.25) is 5.71 Å². The van der Waals surface area contributed by atoms with Crippen LogP contribution in [0, 0.1) is 32.8 Å². The van der Waals surface area contributed by atoms with E-state index in [4.69, 9.17) is 18.5 Å². The molecule has 0 bridgehead atoms. The van der Waals surface area contributed by atoms with Gasteiger partial charge in [-0.15, -0.1) is 53.6 Å². The van der Waals surface area contributed by atoms with Crippen molar-refractivity contribution in [1.82, 2.24) is 19.5 Å². The molecular weight excluding hydrogens is 857 g/mol. The number of rotatable bonds is 5. The van der Waals surface area contributed by atoms with Crippen molar-refractivity contribution >= 4 is 46.4 Å². The molecule has 0 spiro atoms. The van der Waals surface area contributed by atoms with E-state index in [1.165, 1.54) is 16.8 Å². The van der Waals surface area contributed by atoms with Crippen LogP contribution in [-0.2, 0) is 20.1 Å². The van der Waals surface area contributed by atoms with E-state index in [1.807, 2.05) is 85.9 Å². The van der Waals surface area contributed by atoms with E-state index >= 15 is 0 Å². The number of furan rings is 1. The van der Waals surface area contributed by atoms with E-state index in [9.17, 15) is 0 Å². The summed E-state index contributed by atoms with van der Waals surface area (Å²) in [7, 11) is -1.39. The van der Waals surface area contributed by atoms with E-state index < -0.39 is 14.9 Å². The van der Waals surface area contributed by atoms with Crippen LogP contribution in [0.15, 0.2) is 138 Å². The van der Waals surface area contributed by atoms with Gasteiger partial charge in [0.15, 0.2) is 0 Å². The molecule has 4 aromatic heterocycles. The molecule has 4 heterocycles. The molecule has 0 fully saturated rings. The fourth-order valence-corrected chi connectivity index (χ4v) is 8.63. The van der Waals surface area contributed by atoms with Crippen molar-refractivity contribution in [2.45, 2.75) is 40.3 Å². The van der Waals surface area contributed by atoms with Crippen molar-refractivity contribution in [3.63, 3.8) is 0 Å². The molecule has 5 aromatic carbocycles. The molecule has 7 heteroatoms. The summed E-state index contributed by atoms with van der Waals surface area (Å²) in [6, 6.07) is 48.1. The van der Waals surface area contributed by atoms with Gasteiger partial charge in [-0.05, 0) is 60.6 Å². The Hall–Kier alpha value is -5.46. The fraction of sp³-hybridized carbons (Fsp3) is 0.128. The SMILES string of the molecule is Cc1ccc2c(n1)oc1c(-c3cc(C)c([Si](C)(C)C)cn3)[c-]ccc12.[2H]C([2H])([2H])c1c[c-]c(-c2nc3ccccc3n2-c2ccccc2-c2ccccc2)cc1.[Ir]. The maximum absolute atomic E-state index is 7.63. The Balaban J connectivity index is 0.000000175. The van der Waals surface area contributed by atoms with E-state index in [1.54, 1.807) is 12.1 Å². The third kappa shape index (κ3) is 7.11. The van der Waals surface area contributed by atoms with E-state index in [2.05, 4.69) is 84.6 Å². The molecule has 9 aromatic rings. The van der Waals surface area contributed by atoms with Crippen molar-refractivity contribution in [3.8, 4) is 39.5 Å². The molecule has 0 aliphatic carbocycles. The minimum atomic E-state index is -2.16. The number of imidazole rings is 1. The number of fused-ring (bicyclic) bond motifs is 4. The van der Waals surface area contributed by atoms with Crippen LogP contribution < -0.4 is 5.19 Å². The first-order chi connectivity index (χ1) is 26.9. The Labute approximate surface area is 335 Å². The second kappa shape index (κ2) is 15.1. The first-order valence-corrected chi connectivity index (χ1v) is 21.2. The molecular formula is C47H40IrN4OSi-2. The first-order valence-electron chi connectivity index (χ1n) is 19.2. The maximum atomic E-state index is 7.63. The van der Waals surface area contributed by atoms with Crippen LogP contribution in [0.5, 0.6) is 0 Å². The number of hydrogen-bond acceptors (Lipinski definition) is 4. The molecule has 1 radical (unpaired) electrons. The number of pyridine rings is 2. The number of nitrogens with zero attached hydrogens (tertiary/aromatic N) is 4. The minimum absolute atomic E-state index is 0. The number of hydrogen-bond donors (Lipinski definition) is 0. The molecule has 9 rings (SSSR count). The Bertz CT molecular complexity index is 2860. The molecule has 0 unspecified atom stereocenters. The van der Waals surface area contributed by atoms with Crippen molar-refractivity contribution in [1.29, 1.82) is 0 Å². The molecule has 0 aliphatic heterocycles. The van der Waals surface area contributed by atoms with Crippen LogP contribution in [0.2, 0.25) is 19.6 Å². The van der Waals surface area contributed by atoms with Gasteiger partial charge in [-0.2, -0.15) is 0 Å². The molecule has 5 nitrogen and oxygen atoms in total. The normalized spacial score (nSPS) is 12.4. The zero-order chi connectivity index (χ0) is 39.2. The van der Waals surface area contributed by atoms with Crippen molar-refractivity contribution in [2.24, 2.45) is 0 Å². The summed E-state index contributed by atoms with van der Waals surface area (Å²) in [4.78, 5) is 14.1. The molecule has 0 saturated carbocycles. The predicted octanol–water partition coefficient (Wildman–Crippen LogP) is 11.5. The quantitative estimate of drug-likeness (QED) is 0.128. The van der Waals surface area contributed by atoms with Crippen LogP contribution in [0.4, 0.5) is 0 Å². The summed E-state index contributed by atoms with van der Waals surface area (Å²) in [5, 5.41) is 3.49. The van der Waals surface area contributed by atoms with Gasteiger partial charge in [-0.25, -0.2) is 4.98 Å². The van der Waals surface area contributed by atoms with Gasteiger partial charge < -0.3 is 14.0 Å². The minimum Gasteiger partial charge on any atom is -0.486 e. The van der Waals surface area contributed by atoms with Gasteiger partial charge in [0, 0.05) is 52.7 Å². The van der Waals surface area contributed by atoms with Gasteiger partial charge in [-0.1, -0.05) is 110 Å². The summed E-state index contributed by atoms with van der Waals surface area (Å²) in [6.45, 7) is 9.02. The van der Waals surface area contributed by atoms with Crippen molar-refractivity contribution in [3.05, 3.63) is 163 Å². The zero-order valence-corrected chi connectivity index (χ0v) is 34.1. The Morgan fingerprint density at radius 2 is 1.56 bits per heavy atom. The van der Waals surface area contributed by atoms with Crippen LogP contribution >= 0.6 is 0 Å². The monoisotopic (exact) mass is 900 g/mol. The number of aromatic nitrogens is 4. The van der Waals surface area contributed by atoms with Gasteiger partial charge in [-0.3, -0.25) is 4.98 Å². The molecule has 0 atom stereocenters.